The zero-order chi connectivity index (χ0) is 11.4. The predicted octanol–water partition coefficient (Wildman–Crippen LogP) is 0.294. The molecule has 2 saturated heterocycles. The van der Waals surface area contributed by atoms with Crippen LogP contribution in [0.1, 0.15) is 25.7 Å². The lowest BCUT2D eigenvalue weighted by molar-refractivity contribution is -0.140. The summed E-state index contributed by atoms with van der Waals surface area (Å²) >= 11 is 0. The molecule has 0 aliphatic carbocycles. The Balaban J connectivity index is 1.91. The van der Waals surface area contributed by atoms with Crippen LogP contribution in [0, 0.1) is 5.92 Å². The van der Waals surface area contributed by atoms with Gasteiger partial charge in [-0.25, -0.2) is 5.90 Å². The third-order valence-corrected chi connectivity index (χ3v) is 3.52. The van der Waals surface area contributed by atoms with Crippen molar-refractivity contribution in [3.63, 3.8) is 0 Å². The molecule has 0 aromatic rings. The maximum Gasteiger partial charge on any atom is 0.226 e. The van der Waals surface area contributed by atoms with Crippen LogP contribution < -0.4 is 5.90 Å². The summed E-state index contributed by atoms with van der Waals surface area (Å²) in [5.41, 5.74) is 0. The summed E-state index contributed by atoms with van der Waals surface area (Å²) in [5.74, 6) is 5.50. The van der Waals surface area contributed by atoms with E-state index in [2.05, 4.69) is 4.84 Å². The molecule has 2 rings (SSSR count). The van der Waals surface area contributed by atoms with Gasteiger partial charge in [0, 0.05) is 25.7 Å². The maximum atomic E-state index is 12.3. The van der Waals surface area contributed by atoms with E-state index in [0.717, 1.165) is 32.2 Å². The predicted molar refractivity (Wildman–Crippen MR) is 58.4 cm³/mol. The van der Waals surface area contributed by atoms with Gasteiger partial charge in [-0.05, 0) is 25.7 Å². The fourth-order valence-electron chi connectivity index (χ4n) is 2.59. The first kappa shape index (κ1) is 11.8. The topological polar surface area (TPSA) is 64.8 Å². The number of hydrogen-bond donors (Lipinski definition) is 1. The molecule has 16 heavy (non-hydrogen) atoms. The third-order valence-electron chi connectivity index (χ3n) is 3.52. The van der Waals surface area contributed by atoms with E-state index in [4.69, 9.17) is 10.6 Å². The SMILES string of the molecule is NOCC1CCCN1C(=O)C1CCOCC1. The molecule has 5 nitrogen and oxygen atoms in total. The second-order valence-electron chi connectivity index (χ2n) is 4.55. The first-order valence-corrected chi connectivity index (χ1v) is 6.03. The van der Waals surface area contributed by atoms with E-state index in [1.54, 1.807) is 0 Å². The number of likely N-dealkylation sites (tertiary alicyclic amines) is 1. The first-order chi connectivity index (χ1) is 7.83. The zero-order valence-electron chi connectivity index (χ0n) is 9.56. The van der Waals surface area contributed by atoms with Crippen LogP contribution in [0.3, 0.4) is 0 Å². The van der Waals surface area contributed by atoms with Gasteiger partial charge in [-0.3, -0.25) is 4.79 Å². The highest BCUT2D eigenvalue weighted by molar-refractivity contribution is 5.79. The van der Waals surface area contributed by atoms with E-state index < -0.39 is 0 Å². The van der Waals surface area contributed by atoms with Crippen molar-refractivity contribution in [3.8, 4) is 0 Å². The van der Waals surface area contributed by atoms with Gasteiger partial charge >= 0.3 is 0 Å². The van der Waals surface area contributed by atoms with Crippen LogP contribution in [0.2, 0.25) is 0 Å². The number of ether oxygens (including phenoxy) is 1. The average molecular weight is 228 g/mol. The van der Waals surface area contributed by atoms with Gasteiger partial charge in [0.1, 0.15) is 0 Å². The van der Waals surface area contributed by atoms with E-state index in [0.29, 0.717) is 19.8 Å². The third kappa shape index (κ3) is 2.53. The average Bonchev–Trinajstić information content (AvgIpc) is 2.78. The summed E-state index contributed by atoms with van der Waals surface area (Å²) < 4.78 is 5.27. The summed E-state index contributed by atoms with van der Waals surface area (Å²) in [7, 11) is 0. The van der Waals surface area contributed by atoms with Crippen LogP contribution in [0.4, 0.5) is 0 Å². The lowest BCUT2D eigenvalue weighted by Gasteiger charge is -2.30. The molecular weight excluding hydrogens is 208 g/mol. The molecule has 1 unspecified atom stereocenters. The van der Waals surface area contributed by atoms with Gasteiger partial charge in [-0.15, -0.1) is 0 Å². The van der Waals surface area contributed by atoms with Crippen molar-refractivity contribution >= 4 is 5.91 Å². The van der Waals surface area contributed by atoms with Crippen LogP contribution in [-0.4, -0.2) is 43.2 Å². The summed E-state index contributed by atoms with van der Waals surface area (Å²) in [5, 5.41) is 0. The molecule has 1 atom stereocenters. The fraction of sp³-hybridized carbons (Fsp3) is 0.909. The molecule has 2 N–H and O–H groups in total. The lowest BCUT2D eigenvalue weighted by atomic mass is 9.98. The molecule has 2 fully saturated rings. The van der Waals surface area contributed by atoms with Gasteiger partial charge in [-0.1, -0.05) is 0 Å². The van der Waals surface area contributed by atoms with Gasteiger partial charge in [0.15, 0.2) is 0 Å². The monoisotopic (exact) mass is 228 g/mol. The van der Waals surface area contributed by atoms with E-state index in [9.17, 15) is 4.79 Å². The Bertz CT molecular complexity index is 241. The van der Waals surface area contributed by atoms with Crippen molar-refractivity contribution in [1.82, 2.24) is 4.90 Å². The normalized spacial score (nSPS) is 27.3. The lowest BCUT2D eigenvalue weighted by Crippen LogP contribution is -2.43. The molecule has 0 aromatic carbocycles. The Morgan fingerprint density at radius 1 is 1.38 bits per heavy atom. The summed E-state index contributed by atoms with van der Waals surface area (Å²) in [6, 6.07) is 0.181. The quantitative estimate of drug-likeness (QED) is 0.705. The minimum Gasteiger partial charge on any atom is -0.381 e. The molecule has 1 amide bonds. The van der Waals surface area contributed by atoms with Crippen LogP contribution in [-0.2, 0) is 14.4 Å². The van der Waals surface area contributed by atoms with Gasteiger partial charge in [0.2, 0.25) is 5.91 Å². The maximum absolute atomic E-state index is 12.3. The van der Waals surface area contributed by atoms with Crippen molar-refractivity contribution in [3.05, 3.63) is 0 Å². The number of carbonyl (C=O) groups is 1. The van der Waals surface area contributed by atoms with Gasteiger partial charge in [0.05, 0.1) is 12.6 Å². The molecule has 2 aliphatic heterocycles. The Morgan fingerprint density at radius 2 is 2.12 bits per heavy atom. The second kappa shape index (κ2) is 5.61. The number of rotatable bonds is 3. The largest absolute Gasteiger partial charge is 0.381 e. The van der Waals surface area contributed by atoms with Crippen molar-refractivity contribution in [2.45, 2.75) is 31.7 Å². The van der Waals surface area contributed by atoms with Crippen LogP contribution in [0.25, 0.3) is 0 Å². The number of nitrogens with two attached hydrogens (primary N) is 1. The molecule has 0 saturated carbocycles. The molecule has 2 aliphatic rings. The van der Waals surface area contributed by atoms with Crippen LogP contribution in [0.5, 0.6) is 0 Å². The van der Waals surface area contributed by atoms with Crippen molar-refractivity contribution in [2.75, 3.05) is 26.4 Å². The molecule has 0 aromatic heterocycles. The van der Waals surface area contributed by atoms with Crippen molar-refractivity contribution in [2.24, 2.45) is 11.8 Å². The number of hydrogen-bond acceptors (Lipinski definition) is 4. The first-order valence-electron chi connectivity index (χ1n) is 6.03. The highest BCUT2D eigenvalue weighted by Crippen LogP contribution is 2.24. The molecule has 5 heteroatoms. The molecular formula is C11H20N2O3. The highest BCUT2D eigenvalue weighted by Gasteiger charge is 2.33. The van der Waals surface area contributed by atoms with Crippen molar-refractivity contribution in [1.29, 1.82) is 0 Å². The van der Waals surface area contributed by atoms with Gasteiger partial charge in [-0.2, -0.15) is 0 Å². The molecule has 0 bridgehead atoms. The van der Waals surface area contributed by atoms with Crippen molar-refractivity contribution < 1.29 is 14.4 Å². The summed E-state index contributed by atoms with van der Waals surface area (Å²) in [4.78, 5) is 18.9. The zero-order valence-corrected chi connectivity index (χ0v) is 9.56. The smallest absolute Gasteiger partial charge is 0.226 e. The molecule has 0 radical (unpaired) electrons. The molecule has 0 spiro atoms. The Hall–Kier alpha value is -0.650. The standard InChI is InChI=1S/C11H20N2O3/c12-16-8-10-2-1-5-13(10)11(14)9-3-6-15-7-4-9/h9-10H,1-8,12H2. The highest BCUT2D eigenvalue weighted by atomic mass is 16.6. The number of amides is 1. The van der Waals surface area contributed by atoms with Crippen LogP contribution in [0.15, 0.2) is 0 Å². The summed E-state index contributed by atoms with van der Waals surface area (Å²) in [6.07, 6.45) is 3.77. The Morgan fingerprint density at radius 3 is 2.81 bits per heavy atom. The number of nitrogens with zero attached hydrogens (tertiary/aromatic N) is 1. The van der Waals surface area contributed by atoms with Gasteiger partial charge < -0.3 is 14.5 Å². The number of carbonyl (C=O) groups excluding carboxylic acids is 1. The van der Waals surface area contributed by atoms with E-state index in [1.807, 2.05) is 4.90 Å². The Labute approximate surface area is 95.8 Å². The minimum absolute atomic E-state index is 0.145. The van der Waals surface area contributed by atoms with Gasteiger partial charge in [0.25, 0.3) is 0 Å². The summed E-state index contributed by atoms with van der Waals surface area (Å²) in [6.45, 7) is 2.73. The van der Waals surface area contributed by atoms with E-state index >= 15 is 0 Å². The van der Waals surface area contributed by atoms with E-state index in [-0.39, 0.29) is 17.9 Å². The molecule has 92 valence electrons. The Kier molecular flexibility index (Phi) is 4.15. The van der Waals surface area contributed by atoms with Crippen LogP contribution >= 0.6 is 0 Å². The molecule has 2 heterocycles. The minimum atomic E-state index is 0.145. The second-order valence-corrected chi connectivity index (χ2v) is 4.55. The fourth-order valence-corrected chi connectivity index (χ4v) is 2.59. The van der Waals surface area contributed by atoms with E-state index in [1.165, 1.54) is 0 Å².